The second-order valence-corrected chi connectivity index (χ2v) is 5.52. The molecule has 3 amide bonds. The van der Waals surface area contributed by atoms with E-state index in [1.807, 2.05) is 24.4 Å². The van der Waals surface area contributed by atoms with Crippen LogP contribution in [0.4, 0.5) is 4.79 Å². The summed E-state index contributed by atoms with van der Waals surface area (Å²) in [6, 6.07) is 1.65. The van der Waals surface area contributed by atoms with Crippen molar-refractivity contribution in [1.82, 2.24) is 10.6 Å². The maximum Gasteiger partial charge on any atom is 0.326 e. The SMILES string of the molecule is CCCC(NC(=O)N[C@H](CC(N)=O)C(=O)O)c1cccs1. The standard InChI is InChI=1S/C13H19N3O4S/c1-2-4-8(10-5-3-6-21-10)15-13(20)16-9(12(18)19)7-11(14)17/h3,5-6,8-9H,2,4,7H2,1H3,(H2,14,17)(H,18,19)(H2,15,16,20)/t8?,9-/m1/s1. The van der Waals surface area contributed by atoms with Crippen LogP contribution in [0.15, 0.2) is 17.5 Å². The Bertz CT molecular complexity index is 490. The Morgan fingerprint density at radius 2 is 2.10 bits per heavy atom. The quantitative estimate of drug-likeness (QED) is 0.576. The summed E-state index contributed by atoms with van der Waals surface area (Å²) in [5.74, 6) is -2.09. The summed E-state index contributed by atoms with van der Waals surface area (Å²) in [5, 5.41) is 15.8. The molecule has 1 unspecified atom stereocenters. The lowest BCUT2D eigenvalue weighted by atomic mass is 10.1. The van der Waals surface area contributed by atoms with E-state index in [0.29, 0.717) is 0 Å². The maximum absolute atomic E-state index is 11.9. The number of carbonyl (C=O) groups excluding carboxylic acids is 2. The van der Waals surface area contributed by atoms with Crippen molar-refractivity contribution in [2.75, 3.05) is 0 Å². The Balaban J connectivity index is 2.64. The molecule has 0 spiro atoms. The molecule has 2 atom stereocenters. The van der Waals surface area contributed by atoms with E-state index in [0.717, 1.165) is 17.7 Å². The fourth-order valence-electron chi connectivity index (χ4n) is 1.82. The van der Waals surface area contributed by atoms with E-state index in [-0.39, 0.29) is 6.04 Å². The lowest BCUT2D eigenvalue weighted by Crippen LogP contribution is -2.48. The summed E-state index contributed by atoms with van der Waals surface area (Å²) in [6.07, 6.45) is 1.16. The van der Waals surface area contributed by atoms with Crippen LogP contribution in [0.3, 0.4) is 0 Å². The minimum atomic E-state index is -1.33. The van der Waals surface area contributed by atoms with E-state index in [1.54, 1.807) is 0 Å². The van der Waals surface area contributed by atoms with Crippen LogP contribution in [0.25, 0.3) is 0 Å². The summed E-state index contributed by atoms with van der Waals surface area (Å²) in [5.41, 5.74) is 4.96. The molecule has 1 aromatic rings. The Morgan fingerprint density at radius 1 is 1.38 bits per heavy atom. The average Bonchev–Trinajstić information content (AvgIpc) is 2.90. The highest BCUT2D eigenvalue weighted by molar-refractivity contribution is 7.10. The monoisotopic (exact) mass is 313 g/mol. The zero-order valence-electron chi connectivity index (χ0n) is 11.7. The van der Waals surface area contributed by atoms with Crippen molar-refractivity contribution in [2.24, 2.45) is 5.73 Å². The molecule has 0 radical (unpaired) electrons. The van der Waals surface area contributed by atoms with Gasteiger partial charge in [0.2, 0.25) is 5.91 Å². The van der Waals surface area contributed by atoms with Crippen molar-refractivity contribution in [3.8, 4) is 0 Å². The van der Waals surface area contributed by atoms with Gasteiger partial charge in [-0.05, 0) is 17.9 Å². The highest BCUT2D eigenvalue weighted by Crippen LogP contribution is 2.22. The highest BCUT2D eigenvalue weighted by atomic mass is 32.1. The van der Waals surface area contributed by atoms with E-state index < -0.39 is 30.4 Å². The van der Waals surface area contributed by atoms with Crippen LogP contribution in [-0.4, -0.2) is 29.1 Å². The number of rotatable bonds is 8. The van der Waals surface area contributed by atoms with Crippen molar-refractivity contribution in [3.05, 3.63) is 22.4 Å². The molecule has 1 aromatic heterocycles. The van der Waals surface area contributed by atoms with Gasteiger partial charge in [-0.15, -0.1) is 11.3 Å². The van der Waals surface area contributed by atoms with Crippen LogP contribution < -0.4 is 16.4 Å². The van der Waals surface area contributed by atoms with E-state index in [4.69, 9.17) is 10.8 Å². The first kappa shape index (κ1) is 17.0. The molecule has 0 aliphatic heterocycles. The number of amides is 3. The van der Waals surface area contributed by atoms with E-state index in [1.165, 1.54) is 11.3 Å². The topological polar surface area (TPSA) is 122 Å². The zero-order chi connectivity index (χ0) is 15.8. The fourth-order valence-corrected chi connectivity index (χ4v) is 2.64. The third-order valence-corrected chi connectivity index (χ3v) is 3.76. The molecular formula is C13H19N3O4S. The molecule has 1 rings (SSSR count). The first-order valence-corrected chi connectivity index (χ1v) is 7.43. The van der Waals surface area contributed by atoms with Crippen molar-refractivity contribution in [3.63, 3.8) is 0 Å². The fraction of sp³-hybridized carbons (Fsp3) is 0.462. The minimum Gasteiger partial charge on any atom is -0.480 e. The molecule has 1 heterocycles. The first-order chi connectivity index (χ1) is 9.93. The van der Waals surface area contributed by atoms with Crippen molar-refractivity contribution in [1.29, 1.82) is 0 Å². The Labute approximate surface area is 126 Å². The van der Waals surface area contributed by atoms with Gasteiger partial charge in [0.25, 0.3) is 0 Å². The van der Waals surface area contributed by atoms with Gasteiger partial charge < -0.3 is 21.5 Å². The third kappa shape index (κ3) is 5.82. The minimum absolute atomic E-state index is 0.182. The number of urea groups is 1. The molecule has 21 heavy (non-hydrogen) atoms. The van der Waals surface area contributed by atoms with Crippen LogP contribution in [0, 0.1) is 0 Å². The van der Waals surface area contributed by atoms with Crippen LogP contribution >= 0.6 is 11.3 Å². The lowest BCUT2D eigenvalue weighted by Gasteiger charge is -2.19. The second kappa shape index (κ2) is 8.25. The molecule has 0 saturated carbocycles. The maximum atomic E-state index is 11.9. The highest BCUT2D eigenvalue weighted by Gasteiger charge is 2.23. The van der Waals surface area contributed by atoms with Crippen LogP contribution in [-0.2, 0) is 9.59 Å². The number of carboxylic acids is 1. The molecule has 0 aliphatic rings. The number of hydrogen-bond donors (Lipinski definition) is 4. The molecule has 0 aliphatic carbocycles. The third-order valence-electron chi connectivity index (χ3n) is 2.78. The van der Waals surface area contributed by atoms with Crippen LogP contribution in [0.2, 0.25) is 0 Å². The van der Waals surface area contributed by atoms with E-state index in [2.05, 4.69) is 10.6 Å². The number of nitrogens with one attached hydrogen (secondary N) is 2. The summed E-state index contributed by atoms with van der Waals surface area (Å²) in [6.45, 7) is 1.99. The number of nitrogens with two attached hydrogens (primary N) is 1. The van der Waals surface area contributed by atoms with Gasteiger partial charge in [0.15, 0.2) is 0 Å². The average molecular weight is 313 g/mol. The Morgan fingerprint density at radius 3 is 2.57 bits per heavy atom. The van der Waals surface area contributed by atoms with Crippen molar-refractivity contribution >= 4 is 29.2 Å². The molecule has 8 heteroatoms. The van der Waals surface area contributed by atoms with Gasteiger partial charge in [0.05, 0.1) is 12.5 Å². The van der Waals surface area contributed by atoms with Gasteiger partial charge in [-0.1, -0.05) is 19.4 Å². The van der Waals surface area contributed by atoms with E-state index in [9.17, 15) is 14.4 Å². The number of hydrogen-bond acceptors (Lipinski definition) is 4. The Kier molecular flexibility index (Phi) is 6.67. The molecule has 0 fully saturated rings. The van der Waals surface area contributed by atoms with Crippen LogP contribution in [0.1, 0.15) is 37.1 Å². The Hall–Kier alpha value is -2.09. The summed E-state index contributed by atoms with van der Waals surface area (Å²) in [4.78, 5) is 34.6. The van der Waals surface area contributed by atoms with Crippen molar-refractivity contribution < 1.29 is 19.5 Å². The molecule has 116 valence electrons. The molecule has 0 saturated heterocycles. The van der Waals surface area contributed by atoms with Gasteiger partial charge in [-0.25, -0.2) is 9.59 Å². The predicted molar refractivity (Wildman–Crippen MR) is 78.9 cm³/mol. The van der Waals surface area contributed by atoms with Gasteiger partial charge in [-0.3, -0.25) is 4.79 Å². The van der Waals surface area contributed by atoms with Gasteiger partial charge >= 0.3 is 12.0 Å². The lowest BCUT2D eigenvalue weighted by molar-refractivity contribution is -0.140. The molecule has 0 bridgehead atoms. The summed E-state index contributed by atoms with van der Waals surface area (Å²) in [7, 11) is 0. The molecule has 0 aromatic carbocycles. The normalized spacial score (nSPS) is 13.2. The number of carbonyl (C=O) groups is 3. The zero-order valence-corrected chi connectivity index (χ0v) is 12.5. The summed E-state index contributed by atoms with van der Waals surface area (Å²) < 4.78 is 0. The van der Waals surface area contributed by atoms with Crippen molar-refractivity contribution in [2.45, 2.75) is 38.3 Å². The molecule has 5 N–H and O–H groups in total. The molecule has 7 nitrogen and oxygen atoms in total. The van der Waals surface area contributed by atoms with Crippen LogP contribution in [0.5, 0.6) is 0 Å². The van der Waals surface area contributed by atoms with Gasteiger partial charge in [0, 0.05) is 4.88 Å². The predicted octanol–water partition coefficient (Wildman–Crippen LogP) is 1.22. The number of aliphatic carboxylic acids is 1. The first-order valence-electron chi connectivity index (χ1n) is 6.55. The number of primary amides is 1. The van der Waals surface area contributed by atoms with Gasteiger partial charge in [-0.2, -0.15) is 0 Å². The molecular weight excluding hydrogens is 294 g/mol. The van der Waals surface area contributed by atoms with Gasteiger partial charge in [0.1, 0.15) is 6.04 Å². The summed E-state index contributed by atoms with van der Waals surface area (Å²) >= 11 is 1.52. The smallest absolute Gasteiger partial charge is 0.326 e. The number of thiophene rings is 1. The second-order valence-electron chi connectivity index (χ2n) is 4.54. The largest absolute Gasteiger partial charge is 0.480 e. The number of carboxylic acid groups (broad SMARTS) is 1. The van der Waals surface area contributed by atoms with E-state index >= 15 is 0 Å².